The Balaban J connectivity index is 1.83. The van der Waals surface area contributed by atoms with E-state index in [4.69, 9.17) is 11.6 Å². The molecule has 0 aliphatic heterocycles. The van der Waals surface area contributed by atoms with Crippen LogP contribution in [-0.2, 0) is 6.54 Å². The molecule has 2 aromatic rings. The number of nitrogens with zero attached hydrogens (tertiary/aromatic N) is 2. The summed E-state index contributed by atoms with van der Waals surface area (Å²) in [5.74, 6) is -1.03. The molecular weight excluding hydrogens is 291 g/mol. The molecule has 0 bridgehead atoms. The molecule has 1 fully saturated rings. The summed E-state index contributed by atoms with van der Waals surface area (Å²) < 4.78 is 13.7. The van der Waals surface area contributed by atoms with E-state index in [-0.39, 0.29) is 17.5 Å². The van der Waals surface area contributed by atoms with Gasteiger partial charge in [0.2, 0.25) is 5.95 Å². The number of hydrogen-bond donors (Lipinski definition) is 0. The highest BCUT2D eigenvalue weighted by Crippen LogP contribution is 2.30. The molecular formula is C16H14ClFN2O. The van der Waals surface area contributed by atoms with Crippen LogP contribution >= 0.6 is 11.6 Å². The van der Waals surface area contributed by atoms with Gasteiger partial charge in [0.1, 0.15) is 0 Å². The zero-order valence-electron chi connectivity index (χ0n) is 11.3. The maximum atomic E-state index is 13.7. The Morgan fingerprint density at radius 2 is 2.00 bits per heavy atom. The van der Waals surface area contributed by atoms with E-state index in [0.29, 0.717) is 11.6 Å². The van der Waals surface area contributed by atoms with Gasteiger partial charge in [0.25, 0.3) is 5.91 Å². The number of amides is 1. The topological polar surface area (TPSA) is 33.2 Å². The lowest BCUT2D eigenvalue weighted by Gasteiger charge is -2.22. The zero-order valence-corrected chi connectivity index (χ0v) is 12.1. The van der Waals surface area contributed by atoms with Crippen LogP contribution in [0.1, 0.15) is 28.8 Å². The van der Waals surface area contributed by atoms with Crippen LogP contribution in [0, 0.1) is 5.95 Å². The normalized spacial score (nSPS) is 14.0. The Labute approximate surface area is 127 Å². The minimum absolute atomic E-state index is 0.0263. The van der Waals surface area contributed by atoms with E-state index in [2.05, 4.69) is 4.98 Å². The Morgan fingerprint density at radius 1 is 1.29 bits per heavy atom. The summed E-state index contributed by atoms with van der Waals surface area (Å²) in [6.45, 7) is 0.453. The summed E-state index contributed by atoms with van der Waals surface area (Å²) in [5, 5.41) is 0.654. The minimum atomic E-state index is -0.718. The first-order valence-corrected chi connectivity index (χ1v) is 7.19. The van der Waals surface area contributed by atoms with Crippen LogP contribution in [0.3, 0.4) is 0 Å². The molecule has 1 aromatic carbocycles. The molecule has 1 heterocycles. The molecule has 108 valence electrons. The highest BCUT2D eigenvalue weighted by molar-refractivity contribution is 6.30. The quantitative estimate of drug-likeness (QED) is 0.807. The first-order chi connectivity index (χ1) is 10.1. The standard InChI is InChI=1S/C16H14ClFN2O/c17-12-5-3-11(4-6-12)10-20(13-7-8-13)16(21)14-2-1-9-19-15(14)18/h1-6,9,13H,7-8,10H2. The van der Waals surface area contributed by atoms with Crippen molar-refractivity contribution in [1.82, 2.24) is 9.88 Å². The van der Waals surface area contributed by atoms with Crippen LogP contribution in [0.25, 0.3) is 0 Å². The highest BCUT2D eigenvalue weighted by Gasteiger charge is 2.34. The first-order valence-electron chi connectivity index (χ1n) is 6.81. The number of halogens is 2. The fraction of sp³-hybridized carbons (Fsp3) is 0.250. The van der Waals surface area contributed by atoms with Crippen LogP contribution in [0.15, 0.2) is 42.6 Å². The van der Waals surface area contributed by atoms with Crippen molar-refractivity contribution in [2.24, 2.45) is 0 Å². The Morgan fingerprint density at radius 3 is 2.62 bits per heavy atom. The van der Waals surface area contributed by atoms with Crippen molar-refractivity contribution in [1.29, 1.82) is 0 Å². The molecule has 0 unspecified atom stereocenters. The Kier molecular flexibility index (Phi) is 3.88. The number of carbonyl (C=O) groups is 1. The third kappa shape index (κ3) is 3.22. The van der Waals surface area contributed by atoms with Crippen molar-refractivity contribution < 1.29 is 9.18 Å². The second kappa shape index (κ2) is 5.82. The van der Waals surface area contributed by atoms with Crippen LogP contribution in [0.4, 0.5) is 4.39 Å². The smallest absolute Gasteiger partial charge is 0.259 e. The summed E-state index contributed by atoms with van der Waals surface area (Å²) in [6, 6.07) is 10.6. The van der Waals surface area contributed by atoms with Crippen molar-refractivity contribution in [2.75, 3.05) is 0 Å². The van der Waals surface area contributed by atoms with Gasteiger partial charge in [0, 0.05) is 23.8 Å². The maximum absolute atomic E-state index is 13.7. The zero-order chi connectivity index (χ0) is 14.8. The molecule has 3 rings (SSSR count). The lowest BCUT2D eigenvalue weighted by Crippen LogP contribution is -2.33. The van der Waals surface area contributed by atoms with Crippen LogP contribution in [0.5, 0.6) is 0 Å². The fourth-order valence-electron chi connectivity index (χ4n) is 2.24. The Hall–Kier alpha value is -1.94. The van der Waals surface area contributed by atoms with E-state index in [1.165, 1.54) is 12.3 Å². The summed E-state index contributed by atoms with van der Waals surface area (Å²) in [6.07, 6.45) is 3.26. The van der Waals surface area contributed by atoms with E-state index in [0.717, 1.165) is 18.4 Å². The summed E-state index contributed by atoms with van der Waals surface area (Å²) >= 11 is 5.86. The van der Waals surface area contributed by atoms with Gasteiger partial charge in [-0.05, 0) is 42.7 Å². The third-order valence-electron chi connectivity index (χ3n) is 3.50. The average molecular weight is 305 g/mol. The molecule has 0 N–H and O–H groups in total. The van der Waals surface area contributed by atoms with Crippen molar-refractivity contribution in [3.8, 4) is 0 Å². The number of hydrogen-bond acceptors (Lipinski definition) is 2. The van der Waals surface area contributed by atoms with Gasteiger partial charge in [0.15, 0.2) is 0 Å². The second-order valence-electron chi connectivity index (χ2n) is 5.13. The summed E-state index contributed by atoms with van der Waals surface area (Å²) in [5.41, 5.74) is 1.00. The molecule has 0 radical (unpaired) electrons. The molecule has 3 nitrogen and oxygen atoms in total. The lowest BCUT2D eigenvalue weighted by molar-refractivity contribution is 0.0724. The average Bonchev–Trinajstić information content (AvgIpc) is 3.31. The first kappa shape index (κ1) is 14.0. The van der Waals surface area contributed by atoms with E-state index in [1.54, 1.807) is 23.1 Å². The van der Waals surface area contributed by atoms with Crippen molar-refractivity contribution >= 4 is 17.5 Å². The molecule has 1 aliphatic carbocycles. The predicted molar refractivity (Wildman–Crippen MR) is 78.5 cm³/mol. The fourth-order valence-corrected chi connectivity index (χ4v) is 2.37. The van der Waals surface area contributed by atoms with Crippen molar-refractivity contribution in [2.45, 2.75) is 25.4 Å². The van der Waals surface area contributed by atoms with E-state index >= 15 is 0 Å². The lowest BCUT2D eigenvalue weighted by atomic mass is 10.1. The largest absolute Gasteiger partial charge is 0.331 e. The number of aromatic nitrogens is 1. The molecule has 0 spiro atoms. The third-order valence-corrected chi connectivity index (χ3v) is 3.76. The summed E-state index contributed by atoms with van der Waals surface area (Å²) in [7, 11) is 0. The van der Waals surface area contributed by atoms with Crippen LogP contribution in [-0.4, -0.2) is 21.8 Å². The van der Waals surface area contributed by atoms with Gasteiger partial charge < -0.3 is 4.90 Å². The van der Waals surface area contributed by atoms with Gasteiger partial charge in [-0.2, -0.15) is 4.39 Å². The molecule has 5 heteroatoms. The molecule has 21 heavy (non-hydrogen) atoms. The van der Waals surface area contributed by atoms with E-state index in [1.807, 2.05) is 12.1 Å². The molecule has 1 aromatic heterocycles. The number of pyridine rings is 1. The van der Waals surface area contributed by atoms with Crippen LogP contribution < -0.4 is 0 Å². The molecule has 1 saturated carbocycles. The minimum Gasteiger partial charge on any atom is -0.331 e. The molecule has 1 amide bonds. The van der Waals surface area contributed by atoms with Crippen LogP contribution in [0.2, 0.25) is 5.02 Å². The van der Waals surface area contributed by atoms with Gasteiger partial charge in [-0.15, -0.1) is 0 Å². The van der Waals surface area contributed by atoms with Gasteiger partial charge in [0.05, 0.1) is 5.56 Å². The SMILES string of the molecule is O=C(c1cccnc1F)N(Cc1ccc(Cl)cc1)C1CC1. The second-order valence-corrected chi connectivity index (χ2v) is 5.57. The molecule has 0 atom stereocenters. The van der Waals surface area contributed by atoms with E-state index in [9.17, 15) is 9.18 Å². The van der Waals surface area contributed by atoms with Gasteiger partial charge >= 0.3 is 0 Å². The van der Waals surface area contributed by atoms with Gasteiger partial charge in [-0.3, -0.25) is 4.79 Å². The van der Waals surface area contributed by atoms with Gasteiger partial charge in [-0.1, -0.05) is 23.7 Å². The van der Waals surface area contributed by atoms with Crippen molar-refractivity contribution in [3.05, 3.63) is 64.7 Å². The van der Waals surface area contributed by atoms with Crippen molar-refractivity contribution in [3.63, 3.8) is 0 Å². The molecule has 1 aliphatic rings. The van der Waals surface area contributed by atoms with E-state index < -0.39 is 5.95 Å². The molecule has 0 saturated heterocycles. The number of carbonyl (C=O) groups excluding carboxylic acids is 1. The summed E-state index contributed by atoms with van der Waals surface area (Å²) in [4.78, 5) is 17.8. The number of rotatable bonds is 4. The van der Waals surface area contributed by atoms with Gasteiger partial charge in [-0.25, -0.2) is 4.98 Å². The monoisotopic (exact) mass is 304 g/mol. The highest BCUT2D eigenvalue weighted by atomic mass is 35.5. The number of benzene rings is 1. The maximum Gasteiger partial charge on any atom is 0.259 e. The Bertz CT molecular complexity index is 656. The predicted octanol–water partition coefficient (Wildman–Crippen LogP) is 3.68.